The molecule has 0 spiro atoms. The first-order valence-electron chi connectivity index (χ1n) is 7.09. The summed E-state index contributed by atoms with van der Waals surface area (Å²) < 4.78 is 3.63. The Morgan fingerprint density at radius 1 is 1.32 bits per heavy atom. The van der Waals surface area contributed by atoms with Crippen molar-refractivity contribution in [3.63, 3.8) is 0 Å². The summed E-state index contributed by atoms with van der Waals surface area (Å²) in [4.78, 5) is 11.2. The van der Waals surface area contributed by atoms with Crippen LogP contribution in [-0.4, -0.2) is 30.6 Å². The number of hydrogen-bond donors (Lipinski definition) is 1. The molecule has 6 heteroatoms. The van der Waals surface area contributed by atoms with E-state index in [9.17, 15) is 4.79 Å². The number of carbonyl (C=O) groups is 1. The summed E-state index contributed by atoms with van der Waals surface area (Å²) in [6, 6.07) is 9.62. The smallest absolute Gasteiger partial charge is 0.356 e. The molecule has 0 amide bonds. The highest BCUT2D eigenvalue weighted by Crippen LogP contribution is 2.32. The van der Waals surface area contributed by atoms with Gasteiger partial charge < -0.3 is 5.11 Å². The van der Waals surface area contributed by atoms with Gasteiger partial charge in [-0.25, -0.2) is 9.48 Å². The van der Waals surface area contributed by atoms with Crippen molar-refractivity contribution in [2.24, 2.45) is 0 Å². The normalized spacial score (nSPS) is 12.8. The van der Waals surface area contributed by atoms with E-state index < -0.39 is 5.97 Å². The van der Waals surface area contributed by atoms with Crippen molar-refractivity contribution in [2.45, 2.75) is 19.9 Å². The van der Waals surface area contributed by atoms with Crippen molar-refractivity contribution in [1.82, 2.24) is 19.6 Å². The zero-order chi connectivity index (χ0) is 15.3. The summed E-state index contributed by atoms with van der Waals surface area (Å²) in [6.07, 6.45) is 2.66. The lowest BCUT2D eigenvalue weighted by atomic mass is 10.1. The number of carboxylic acids is 1. The van der Waals surface area contributed by atoms with Gasteiger partial charge in [-0.3, -0.25) is 4.68 Å². The number of fused-ring (bicyclic) bond motifs is 3. The number of benzene rings is 1. The highest BCUT2D eigenvalue weighted by atomic mass is 16.4. The molecule has 1 aliphatic rings. The van der Waals surface area contributed by atoms with Crippen LogP contribution in [0, 0.1) is 6.92 Å². The Bertz CT molecular complexity index is 891. The third-order valence-electron chi connectivity index (χ3n) is 4.02. The first-order valence-corrected chi connectivity index (χ1v) is 7.09. The quantitative estimate of drug-likeness (QED) is 0.787. The minimum Gasteiger partial charge on any atom is -0.476 e. The molecule has 0 unspecified atom stereocenters. The van der Waals surface area contributed by atoms with E-state index in [1.165, 1.54) is 0 Å². The number of aromatic carboxylic acids is 1. The number of aromatic nitrogens is 4. The van der Waals surface area contributed by atoms with E-state index in [1.807, 2.05) is 42.1 Å². The predicted molar refractivity (Wildman–Crippen MR) is 80.2 cm³/mol. The molecule has 0 aliphatic carbocycles. The van der Waals surface area contributed by atoms with Gasteiger partial charge in [0.1, 0.15) is 0 Å². The topological polar surface area (TPSA) is 72.9 Å². The monoisotopic (exact) mass is 294 g/mol. The van der Waals surface area contributed by atoms with Gasteiger partial charge in [0.25, 0.3) is 0 Å². The minimum atomic E-state index is -1.01. The average Bonchev–Trinajstić information content (AvgIpc) is 3.10. The SMILES string of the molecule is Cc1ccccc1-n1ncc2c1-c1cc(C(=O)O)nn1CC2. The summed E-state index contributed by atoms with van der Waals surface area (Å²) in [5.74, 6) is -1.01. The van der Waals surface area contributed by atoms with Crippen LogP contribution in [0.25, 0.3) is 17.1 Å². The molecule has 1 aromatic carbocycles. The Morgan fingerprint density at radius 2 is 2.14 bits per heavy atom. The van der Waals surface area contributed by atoms with E-state index in [2.05, 4.69) is 10.2 Å². The molecular weight excluding hydrogens is 280 g/mol. The summed E-state index contributed by atoms with van der Waals surface area (Å²) in [6.45, 7) is 2.71. The second-order valence-corrected chi connectivity index (χ2v) is 5.41. The van der Waals surface area contributed by atoms with Crippen molar-refractivity contribution in [3.8, 4) is 17.1 Å². The van der Waals surface area contributed by atoms with Crippen molar-refractivity contribution in [1.29, 1.82) is 0 Å². The van der Waals surface area contributed by atoms with Crippen molar-refractivity contribution in [2.75, 3.05) is 0 Å². The second kappa shape index (κ2) is 4.56. The fourth-order valence-electron chi connectivity index (χ4n) is 2.93. The van der Waals surface area contributed by atoms with E-state index in [1.54, 1.807) is 10.7 Å². The maximum atomic E-state index is 11.2. The summed E-state index contributed by atoms with van der Waals surface area (Å²) in [5, 5.41) is 17.8. The summed E-state index contributed by atoms with van der Waals surface area (Å²) in [7, 11) is 0. The Hall–Kier alpha value is -2.89. The molecule has 6 nitrogen and oxygen atoms in total. The maximum Gasteiger partial charge on any atom is 0.356 e. The molecule has 4 rings (SSSR count). The Kier molecular flexibility index (Phi) is 2.66. The van der Waals surface area contributed by atoms with Gasteiger partial charge in [-0.15, -0.1) is 0 Å². The largest absolute Gasteiger partial charge is 0.476 e. The molecule has 110 valence electrons. The van der Waals surface area contributed by atoms with Crippen LogP contribution < -0.4 is 0 Å². The van der Waals surface area contributed by atoms with Gasteiger partial charge in [0, 0.05) is 18.2 Å². The molecular formula is C16H14N4O2. The predicted octanol–water partition coefficient (Wildman–Crippen LogP) is 2.30. The molecule has 0 radical (unpaired) electrons. The number of hydrogen-bond acceptors (Lipinski definition) is 3. The third-order valence-corrected chi connectivity index (χ3v) is 4.02. The Morgan fingerprint density at radius 3 is 2.91 bits per heavy atom. The molecule has 3 aromatic rings. The van der Waals surface area contributed by atoms with E-state index in [0.717, 1.165) is 34.6 Å². The van der Waals surface area contributed by atoms with Crippen LogP contribution in [-0.2, 0) is 13.0 Å². The fourth-order valence-corrected chi connectivity index (χ4v) is 2.93. The van der Waals surface area contributed by atoms with Gasteiger partial charge in [0.05, 0.1) is 23.3 Å². The van der Waals surface area contributed by atoms with Crippen LogP contribution in [0.4, 0.5) is 0 Å². The van der Waals surface area contributed by atoms with Gasteiger partial charge in [-0.1, -0.05) is 18.2 Å². The van der Waals surface area contributed by atoms with Crippen LogP contribution in [0.15, 0.2) is 36.5 Å². The fraction of sp³-hybridized carbons (Fsp3) is 0.188. The van der Waals surface area contributed by atoms with Crippen LogP contribution >= 0.6 is 0 Å². The number of carboxylic acid groups (broad SMARTS) is 1. The molecule has 1 aliphatic heterocycles. The number of rotatable bonds is 2. The summed E-state index contributed by atoms with van der Waals surface area (Å²) >= 11 is 0. The van der Waals surface area contributed by atoms with Crippen LogP contribution in [0.1, 0.15) is 21.6 Å². The van der Waals surface area contributed by atoms with Crippen LogP contribution in [0.5, 0.6) is 0 Å². The van der Waals surface area contributed by atoms with E-state index in [4.69, 9.17) is 5.11 Å². The number of para-hydroxylation sites is 1. The molecule has 0 saturated heterocycles. The third kappa shape index (κ3) is 1.77. The minimum absolute atomic E-state index is 0.0698. The first-order chi connectivity index (χ1) is 10.6. The Labute approximate surface area is 126 Å². The highest BCUT2D eigenvalue weighted by Gasteiger charge is 2.25. The maximum absolute atomic E-state index is 11.2. The van der Waals surface area contributed by atoms with Gasteiger partial charge in [-0.05, 0) is 25.0 Å². The molecule has 0 saturated carbocycles. The number of nitrogens with zero attached hydrogens (tertiary/aromatic N) is 4. The molecule has 0 atom stereocenters. The van der Waals surface area contributed by atoms with E-state index >= 15 is 0 Å². The Balaban J connectivity index is 1.95. The van der Waals surface area contributed by atoms with Crippen LogP contribution in [0.2, 0.25) is 0 Å². The standard InChI is InChI=1S/C16H14N4O2/c1-10-4-2-3-5-13(10)20-15-11(9-17-20)6-7-19-14(15)8-12(18-19)16(21)22/h2-5,8-9H,6-7H2,1H3,(H,21,22). The molecule has 3 heterocycles. The van der Waals surface area contributed by atoms with Crippen molar-refractivity contribution in [3.05, 3.63) is 53.3 Å². The lowest BCUT2D eigenvalue weighted by Crippen LogP contribution is -2.14. The van der Waals surface area contributed by atoms with E-state index in [0.29, 0.717) is 6.54 Å². The molecule has 0 fully saturated rings. The molecule has 2 aromatic heterocycles. The number of aryl methyl sites for hydroxylation is 3. The van der Waals surface area contributed by atoms with Gasteiger partial charge >= 0.3 is 5.97 Å². The second-order valence-electron chi connectivity index (χ2n) is 5.41. The lowest BCUT2D eigenvalue weighted by molar-refractivity contribution is 0.0689. The zero-order valence-electron chi connectivity index (χ0n) is 12.0. The molecule has 22 heavy (non-hydrogen) atoms. The lowest BCUT2D eigenvalue weighted by Gasteiger charge is -2.17. The molecule has 1 N–H and O–H groups in total. The summed E-state index contributed by atoms with van der Waals surface area (Å²) in [5.41, 5.74) is 5.03. The average molecular weight is 294 g/mol. The van der Waals surface area contributed by atoms with Gasteiger partial charge in [-0.2, -0.15) is 10.2 Å². The van der Waals surface area contributed by atoms with Crippen molar-refractivity contribution < 1.29 is 9.90 Å². The zero-order valence-corrected chi connectivity index (χ0v) is 12.0. The van der Waals surface area contributed by atoms with Crippen LogP contribution in [0.3, 0.4) is 0 Å². The highest BCUT2D eigenvalue weighted by molar-refractivity contribution is 5.87. The van der Waals surface area contributed by atoms with Gasteiger partial charge in [0.2, 0.25) is 0 Å². The molecule has 0 bridgehead atoms. The van der Waals surface area contributed by atoms with E-state index in [-0.39, 0.29) is 5.69 Å². The van der Waals surface area contributed by atoms with Gasteiger partial charge in [0.15, 0.2) is 5.69 Å². The first kappa shape index (κ1) is 12.8. The van der Waals surface area contributed by atoms with Crippen molar-refractivity contribution >= 4 is 5.97 Å².